The second-order valence-corrected chi connectivity index (χ2v) is 3.05. The average Bonchev–Trinajstić information content (AvgIpc) is 2.09. The van der Waals surface area contributed by atoms with E-state index >= 15 is 0 Å². The molecule has 0 spiro atoms. The Morgan fingerprint density at radius 3 is 3.08 bits per heavy atom. The second kappa shape index (κ2) is 5.00. The number of hydrogen-bond acceptors (Lipinski definition) is 0. The van der Waals surface area contributed by atoms with Crippen molar-refractivity contribution in [2.75, 3.05) is 0 Å². The molecule has 0 aliphatic carbocycles. The van der Waals surface area contributed by atoms with E-state index in [1.807, 2.05) is 24.3 Å². The summed E-state index contributed by atoms with van der Waals surface area (Å²) >= 11 is 5.93. The third-order valence-electron chi connectivity index (χ3n) is 1.59. The summed E-state index contributed by atoms with van der Waals surface area (Å²) in [5, 5.41) is 0.793. The van der Waals surface area contributed by atoms with Crippen LogP contribution in [0.2, 0.25) is 5.02 Å². The summed E-state index contributed by atoms with van der Waals surface area (Å²) in [6.45, 7) is 2.16. The van der Waals surface area contributed by atoms with Gasteiger partial charge in [0.2, 0.25) is 0 Å². The number of unbranched alkanes of at least 4 members (excludes halogenated alkanes) is 1. The summed E-state index contributed by atoms with van der Waals surface area (Å²) in [6.07, 6.45) is 6.45. The second-order valence-electron chi connectivity index (χ2n) is 2.64. The highest BCUT2D eigenvalue weighted by Gasteiger charge is 1.91. The van der Waals surface area contributed by atoms with E-state index in [1.165, 1.54) is 6.42 Å². The molecule has 0 saturated carbocycles. The highest BCUT2D eigenvalue weighted by Crippen LogP contribution is 2.16. The van der Waals surface area contributed by atoms with E-state index < -0.39 is 0 Å². The molecule has 0 fully saturated rings. The number of halogens is 1. The molecule has 0 aromatic heterocycles. The van der Waals surface area contributed by atoms with Gasteiger partial charge in [0.1, 0.15) is 0 Å². The molecule has 1 rings (SSSR count). The number of hydrogen-bond donors (Lipinski definition) is 0. The van der Waals surface area contributed by atoms with Crippen LogP contribution in [-0.2, 0) is 0 Å². The van der Waals surface area contributed by atoms with Gasteiger partial charge in [-0.05, 0) is 30.2 Å². The fraction of sp³-hybridized carbons (Fsp3) is 0.273. The maximum Gasteiger partial charge on any atom is 0.0478 e. The van der Waals surface area contributed by atoms with Crippen molar-refractivity contribution in [2.24, 2.45) is 0 Å². The van der Waals surface area contributed by atoms with E-state index in [9.17, 15) is 0 Å². The zero-order chi connectivity index (χ0) is 8.81. The molecule has 12 heavy (non-hydrogen) atoms. The van der Waals surface area contributed by atoms with Crippen LogP contribution >= 0.6 is 11.6 Å². The van der Waals surface area contributed by atoms with Crippen molar-refractivity contribution in [2.45, 2.75) is 19.8 Å². The van der Waals surface area contributed by atoms with E-state index in [4.69, 9.17) is 11.6 Å². The minimum atomic E-state index is 0.793. The van der Waals surface area contributed by atoms with Crippen molar-refractivity contribution in [1.82, 2.24) is 0 Å². The van der Waals surface area contributed by atoms with Gasteiger partial charge in [0.25, 0.3) is 0 Å². The van der Waals surface area contributed by atoms with Crippen LogP contribution in [0.5, 0.6) is 0 Å². The summed E-state index contributed by atoms with van der Waals surface area (Å²) in [6, 6.07) is 8.56. The molecule has 0 bridgehead atoms. The molecule has 0 atom stereocenters. The zero-order valence-corrected chi connectivity index (χ0v) is 7.93. The highest BCUT2D eigenvalue weighted by atomic mass is 35.5. The van der Waals surface area contributed by atoms with Crippen LogP contribution in [0.1, 0.15) is 25.3 Å². The Labute approximate surface area is 78.9 Å². The van der Waals surface area contributed by atoms with Crippen molar-refractivity contribution < 1.29 is 0 Å². The molecule has 1 heteroatoms. The first-order chi connectivity index (χ1) is 5.84. The minimum absolute atomic E-state index is 0.793. The summed E-state index contributed by atoms with van der Waals surface area (Å²) in [5.74, 6) is 0. The van der Waals surface area contributed by atoms with Gasteiger partial charge in [0, 0.05) is 5.02 Å². The molecule has 0 aliphatic heterocycles. The molecule has 1 aromatic rings. The normalized spacial score (nSPS) is 10.8. The highest BCUT2D eigenvalue weighted by molar-refractivity contribution is 6.32. The van der Waals surface area contributed by atoms with E-state index in [0.29, 0.717) is 0 Å². The molecule has 1 aromatic carbocycles. The van der Waals surface area contributed by atoms with E-state index in [0.717, 1.165) is 17.0 Å². The van der Waals surface area contributed by atoms with Crippen LogP contribution in [0.25, 0.3) is 6.08 Å². The van der Waals surface area contributed by atoms with Crippen molar-refractivity contribution in [1.29, 1.82) is 0 Å². The molecule has 0 N–H and O–H groups in total. The van der Waals surface area contributed by atoms with Crippen LogP contribution in [0, 0.1) is 6.07 Å². The van der Waals surface area contributed by atoms with Gasteiger partial charge in [-0.2, -0.15) is 0 Å². The molecule has 0 nitrogen and oxygen atoms in total. The molecular weight excluding hydrogens is 168 g/mol. The lowest BCUT2D eigenvalue weighted by Crippen LogP contribution is -1.73. The summed E-state index contributed by atoms with van der Waals surface area (Å²) in [7, 11) is 0. The molecule has 0 unspecified atom stereocenters. The van der Waals surface area contributed by atoms with Gasteiger partial charge >= 0.3 is 0 Å². The molecule has 0 amide bonds. The molecule has 1 radical (unpaired) electrons. The number of benzene rings is 1. The predicted molar refractivity (Wildman–Crippen MR) is 54.2 cm³/mol. The van der Waals surface area contributed by atoms with E-state index in [2.05, 4.69) is 19.1 Å². The van der Waals surface area contributed by atoms with Gasteiger partial charge < -0.3 is 0 Å². The first-order valence-electron chi connectivity index (χ1n) is 4.16. The van der Waals surface area contributed by atoms with Crippen LogP contribution in [-0.4, -0.2) is 0 Å². The Morgan fingerprint density at radius 1 is 1.58 bits per heavy atom. The van der Waals surface area contributed by atoms with E-state index in [-0.39, 0.29) is 0 Å². The van der Waals surface area contributed by atoms with Crippen LogP contribution in [0.4, 0.5) is 0 Å². The maximum absolute atomic E-state index is 5.93. The summed E-state index contributed by atoms with van der Waals surface area (Å²) in [4.78, 5) is 0. The smallest absolute Gasteiger partial charge is 0.0478 e. The van der Waals surface area contributed by atoms with Crippen molar-refractivity contribution in [3.63, 3.8) is 0 Å². The lowest BCUT2D eigenvalue weighted by molar-refractivity contribution is 0.962. The molecule has 0 aliphatic rings. The molecule has 0 saturated heterocycles. The van der Waals surface area contributed by atoms with E-state index in [1.54, 1.807) is 0 Å². The third kappa shape index (κ3) is 2.71. The zero-order valence-electron chi connectivity index (χ0n) is 7.18. The fourth-order valence-corrected chi connectivity index (χ4v) is 1.11. The van der Waals surface area contributed by atoms with Crippen LogP contribution < -0.4 is 0 Å². The Balaban J connectivity index is 2.68. The molecule has 63 valence electrons. The fourth-order valence-electron chi connectivity index (χ4n) is 0.929. The van der Waals surface area contributed by atoms with Gasteiger partial charge in [-0.25, -0.2) is 0 Å². The minimum Gasteiger partial charge on any atom is -0.0839 e. The van der Waals surface area contributed by atoms with Crippen molar-refractivity contribution in [3.8, 4) is 0 Å². The quantitative estimate of drug-likeness (QED) is 0.659. The predicted octanol–water partition coefficient (Wildman–Crippen LogP) is 3.95. The first-order valence-corrected chi connectivity index (χ1v) is 4.54. The van der Waals surface area contributed by atoms with Crippen molar-refractivity contribution in [3.05, 3.63) is 40.9 Å². The topological polar surface area (TPSA) is 0 Å². The molecule has 0 heterocycles. The Kier molecular flexibility index (Phi) is 3.89. The maximum atomic E-state index is 5.93. The van der Waals surface area contributed by atoms with Gasteiger partial charge in [-0.15, -0.1) is 0 Å². The monoisotopic (exact) mass is 179 g/mol. The summed E-state index contributed by atoms with van der Waals surface area (Å²) in [5.41, 5.74) is 1.05. The number of rotatable bonds is 3. The Morgan fingerprint density at radius 2 is 2.42 bits per heavy atom. The summed E-state index contributed by atoms with van der Waals surface area (Å²) < 4.78 is 0. The third-order valence-corrected chi connectivity index (χ3v) is 1.94. The Bertz CT molecular complexity index is 263. The standard InChI is InChI=1S/C11H12Cl/c1-2-3-4-7-10-8-5-6-9-11(10)12/h4,6-9H,2-3H2,1H3/b7-4+. The SMILES string of the molecule is CCC/C=C/c1c[c]ccc1Cl. The van der Waals surface area contributed by atoms with Gasteiger partial charge in [0.15, 0.2) is 0 Å². The van der Waals surface area contributed by atoms with Crippen LogP contribution in [0.15, 0.2) is 24.3 Å². The van der Waals surface area contributed by atoms with Crippen LogP contribution in [0.3, 0.4) is 0 Å². The number of allylic oxidation sites excluding steroid dienone is 1. The average molecular weight is 180 g/mol. The first kappa shape index (κ1) is 9.34. The van der Waals surface area contributed by atoms with Crippen molar-refractivity contribution >= 4 is 17.7 Å². The Hall–Kier alpha value is -0.750. The van der Waals surface area contributed by atoms with Gasteiger partial charge in [-0.1, -0.05) is 43.2 Å². The lowest BCUT2D eigenvalue weighted by atomic mass is 10.2. The largest absolute Gasteiger partial charge is 0.0839 e. The van der Waals surface area contributed by atoms with Gasteiger partial charge in [0.05, 0.1) is 0 Å². The van der Waals surface area contributed by atoms with Gasteiger partial charge in [-0.3, -0.25) is 0 Å². The molecular formula is C11H12Cl. The lowest BCUT2D eigenvalue weighted by Gasteiger charge is -1.94.